The highest BCUT2D eigenvalue weighted by Gasteiger charge is 2.39. The van der Waals surface area contributed by atoms with Crippen LogP contribution in [0, 0.1) is 0 Å². The third-order valence-corrected chi connectivity index (χ3v) is 3.54. The quantitative estimate of drug-likeness (QED) is 0.745. The van der Waals surface area contributed by atoms with Crippen LogP contribution in [0.5, 0.6) is 0 Å². The van der Waals surface area contributed by atoms with Crippen molar-refractivity contribution in [2.45, 2.75) is 65.1 Å². The van der Waals surface area contributed by atoms with Crippen molar-refractivity contribution >= 4 is 18.3 Å². The highest BCUT2D eigenvalue weighted by molar-refractivity contribution is 5.75. The van der Waals surface area contributed by atoms with Gasteiger partial charge >= 0.3 is 6.09 Å². The highest BCUT2D eigenvalue weighted by Crippen LogP contribution is 2.23. The van der Waals surface area contributed by atoms with Crippen LogP contribution in [0.3, 0.4) is 0 Å². The van der Waals surface area contributed by atoms with Crippen molar-refractivity contribution in [1.82, 2.24) is 9.80 Å². The molecule has 0 N–H and O–H groups in total. The largest absolute Gasteiger partial charge is 0.444 e. The molecule has 0 saturated carbocycles. The molecule has 0 aromatic heterocycles. The summed E-state index contributed by atoms with van der Waals surface area (Å²) in [6.07, 6.45) is 1.29. The maximum absolute atomic E-state index is 12.4. The third-order valence-electron chi connectivity index (χ3n) is 3.54. The Morgan fingerprint density at radius 3 is 2.24 bits per heavy atom. The van der Waals surface area contributed by atoms with Gasteiger partial charge in [-0.2, -0.15) is 0 Å². The first kappa shape index (κ1) is 17.5. The van der Waals surface area contributed by atoms with Gasteiger partial charge < -0.3 is 14.4 Å². The molecule has 0 aromatic carbocycles. The van der Waals surface area contributed by atoms with Gasteiger partial charge in [0.1, 0.15) is 11.9 Å². The summed E-state index contributed by atoms with van der Waals surface area (Å²) in [5.74, 6) is -0.0341. The number of hydrogen-bond acceptors (Lipinski definition) is 4. The van der Waals surface area contributed by atoms with Gasteiger partial charge in [-0.05, 0) is 27.2 Å². The van der Waals surface area contributed by atoms with Crippen LogP contribution in [0.15, 0.2) is 0 Å². The second-order valence-corrected chi connectivity index (χ2v) is 6.43. The number of nitrogens with zero attached hydrogens (tertiary/aromatic N) is 2. The molecule has 2 unspecified atom stereocenters. The molecule has 2 amide bonds. The molecule has 6 heteroatoms. The molecule has 6 nitrogen and oxygen atoms in total. The zero-order valence-electron chi connectivity index (χ0n) is 13.6. The molecule has 0 spiro atoms. The topological polar surface area (TPSA) is 66.9 Å². The van der Waals surface area contributed by atoms with Crippen LogP contribution >= 0.6 is 0 Å². The predicted molar refractivity (Wildman–Crippen MR) is 78.9 cm³/mol. The van der Waals surface area contributed by atoms with Crippen LogP contribution < -0.4 is 0 Å². The zero-order valence-corrected chi connectivity index (χ0v) is 13.6. The highest BCUT2D eigenvalue weighted by atomic mass is 16.6. The van der Waals surface area contributed by atoms with E-state index >= 15 is 0 Å². The lowest BCUT2D eigenvalue weighted by Gasteiger charge is -2.46. The van der Waals surface area contributed by atoms with Gasteiger partial charge in [0.2, 0.25) is 5.91 Å². The van der Waals surface area contributed by atoms with E-state index in [1.165, 1.54) is 6.92 Å². The van der Waals surface area contributed by atoms with Crippen molar-refractivity contribution in [3.8, 4) is 0 Å². The Bertz CT molecular complexity index is 403. The standard InChI is InChI=1S/C15H26N2O4/c1-6-12-9-16(11(2)19)10-13(7-8-18)17(12)14(20)21-15(3,4)5/h8,12-13H,6-7,9-10H2,1-5H3. The normalized spacial score (nSPS) is 22.9. The fraction of sp³-hybridized carbons (Fsp3) is 0.800. The molecule has 120 valence electrons. The summed E-state index contributed by atoms with van der Waals surface area (Å²) in [5.41, 5.74) is -0.585. The van der Waals surface area contributed by atoms with Crippen molar-refractivity contribution in [1.29, 1.82) is 0 Å². The molecule has 0 aromatic rings. The molecule has 21 heavy (non-hydrogen) atoms. The molecule has 1 saturated heterocycles. The number of aldehydes is 1. The van der Waals surface area contributed by atoms with Crippen molar-refractivity contribution in [2.75, 3.05) is 13.1 Å². The molecule has 1 heterocycles. The number of ether oxygens (including phenoxy) is 1. The second kappa shape index (κ2) is 6.91. The minimum absolute atomic E-state index is 0.0341. The van der Waals surface area contributed by atoms with Gasteiger partial charge in [0.25, 0.3) is 0 Å². The number of carbonyl (C=O) groups excluding carboxylic acids is 3. The summed E-state index contributed by atoms with van der Waals surface area (Å²) in [7, 11) is 0. The SMILES string of the molecule is CCC1CN(C(C)=O)CC(CC=O)N1C(=O)OC(C)(C)C. The van der Waals surface area contributed by atoms with Gasteiger partial charge in [-0.3, -0.25) is 9.69 Å². The Hall–Kier alpha value is -1.59. The molecular formula is C15H26N2O4. The van der Waals surface area contributed by atoms with E-state index in [9.17, 15) is 14.4 Å². The van der Waals surface area contributed by atoms with Crippen LogP contribution in [0.4, 0.5) is 4.79 Å². The van der Waals surface area contributed by atoms with E-state index in [1.54, 1.807) is 9.80 Å². The van der Waals surface area contributed by atoms with Gasteiger partial charge in [0, 0.05) is 26.4 Å². The minimum atomic E-state index is -0.585. The number of rotatable bonds is 3. The average molecular weight is 298 g/mol. The molecule has 1 rings (SSSR count). The summed E-state index contributed by atoms with van der Waals surface area (Å²) in [5, 5.41) is 0. The maximum atomic E-state index is 12.4. The van der Waals surface area contributed by atoms with Gasteiger partial charge in [-0.1, -0.05) is 6.92 Å². The van der Waals surface area contributed by atoms with Crippen LogP contribution in [-0.2, 0) is 14.3 Å². The van der Waals surface area contributed by atoms with Crippen LogP contribution in [0.2, 0.25) is 0 Å². The molecule has 0 aliphatic carbocycles. The number of carbonyl (C=O) groups is 3. The Morgan fingerprint density at radius 1 is 1.24 bits per heavy atom. The molecular weight excluding hydrogens is 272 g/mol. The van der Waals surface area contributed by atoms with Crippen LogP contribution in [-0.4, -0.2) is 58.9 Å². The first-order chi connectivity index (χ1) is 9.69. The van der Waals surface area contributed by atoms with Crippen molar-refractivity contribution in [2.24, 2.45) is 0 Å². The zero-order chi connectivity index (χ0) is 16.2. The van der Waals surface area contributed by atoms with E-state index in [2.05, 4.69) is 0 Å². The first-order valence-electron chi connectivity index (χ1n) is 7.40. The number of amides is 2. The fourth-order valence-corrected chi connectivity index (χ4v) is 2.55. The molecule has 0 bridgehead atoms. The fourth-order valence-electron chi connectivity index (χ4n) is 2.55. The van der Waals surface area contributed by atoms with Gasteiger partial charge in [0.05, 0.1) is 12.1 Å². The molecule has 1 fully saturated rings. The molecule has 1 aliphatic heterocycles. The molecule has 2 atom stereocenters. The molecule has 0 radical (unpaired) electrons. The van der Waals surface area contributed by atoms with Gasteiger partial charge in [0.15, 0.2) is 0 Å². The Labute approximate surface area is 126 Å². The Morgan fingerprint density at radius 2 is 1.81 bits per heavy atom. The van der Waals surface area contributed by atoms with Crippen LogP contribution in [0.1, 0.15) is 47.5 Å². The van der Waals surface area contributed by atoms with Crippen molar-refractivity contribution in [3.63, 3.8) is 0 Å². The number of hydrogen-bond donors (Lipinski definition) is 0. The first-order valence-corrected chi connectivity index (χ1v) is 7.40. The predicted octanol–water partition coefficient (Wildman–Crippen LogP) is 1.82. The van der Waals surface area contributed by atoms with E-state index in [1.807, 2.05) is 27.7 Å². The second-order valence-electron chi connectivity index (χ2n) is 6.43. The Kier molecular flexibility index (Phi) is 5.75. The van der Waals surface area contributed by atoms with Crippen LogP contribution in [0.25, 0.3) is 0 Å². The average Bonchev–Trinajstić information content (AvgIpc) is 2.35. The lowest BCUT2D eigenvalue weighted by molar-refractivity contribution is -0.134. The van der Waals surface area contributed by atoms with Gasteiger partial charge in [-0.15, -0.1) is 0 Å². The monoisotopic (exact) mass is 298 g/mol. The van der Waals surface area contributed by atoms with Crippen molar-refractivity contribution in [3.05, 3.63) is 0 Å². The summed E-state index contributed by atoms with van der Waals surface area (Å²) in [6, 6.07) is -0.442. The lowest BCUT2D eigenvalue weighted by atomic mass is 10.0. The minimum Gasteiger partial charge on any atom is -0.444 e. The lowest BCUT2D eigenvalue weighted by Crippen LogP contribution is -2.61. The summed E-state index contributed by atoms with van der Waals surface area (Å²) >= 11 is 0. The third kappa shape index (κ3) is 4.72. The Balaban J connectivity index is 2.97. The molecule has 1 aliphatic rings. The van der Waals surface area contributed by atoms with Crippen molar-refractivity contribution < 1.29 is 19.1 Å². The summed E-state index contributed by atoms with van der Waals surface area (Å²) in [6.45, 7) is 9.77. The number of piperazine rings is 1. The maximum Gasteiger partial charge on any atom is 0.410 e. The van der Waals surface area contributed by atoms with E-state index in [0.717, 1.165) is 6.29 Å². The van der Waals surface area contributed by atoms with Gasteiger partial charge in [-0.25, -0.2) is 4.79 Å². The summed E-state index contributed by atoms with van der Waals surface area (Å²) < 4.78 is 5.45. The van der Waals surface area contributed by atoms with E-state index in [-0.39, 0.29) is 24.4 Å². The van der Waals surface area contributed by atoms with E-state index in [0.29, 0.717) is 19.5 Å². The smallest absolute Gasteiger partial charge is 0.410 e. The van der Waals surface area contributed by atoms with E-state index < -0.39 is 11.7 Å². The summed E-state index contributed by atoms with van der Waals surface area (Å²) in [4.78, 5) is 38.3. The van der Waals surface area contributed by atoms with E-state index in [4.69, 9.17) is 4.74 Å².